The van der Waals surface area contributed by atoms with Crippen LogP contribution in [0, 0.1) is 11.1 Å². The van der Waals surface area contributed by atoms with Crippen LogP contribution in [0.3, 0.4) is 0 Å². The highest BCUT2D eigenvalue weighted by Gasteiger charge is 2.31. The number of hydrogen-bond donors (Lipinski definition) is 0. The molecule has 0 aliphatic rings. The summed E-state index contributed by atoms with van der Waals surface area (Å²) in [5, 5.41) is 0. The van der Waals surface area contributed by atoms with Gasteiger partial charge in [-0.1, -0.05) is 38.8 Å². The van der Waals surface area contributed by atoms with Crippen molar-refractivity contribution in [3.8, 4) is 11.1 Å². The summed E-state index contributed by atoms with van der Waals surface area (Å²) >= 11 is 0. The van der Waals surface area contributed by atoms with E-state index in [1.807, 2.05) is 27.7 Å². The highest BCUT2D eigenvalue weighted by molar-refractivity contribution is 6.86. The van der Waals surface area contributed by atoms with Crippen LogP contribution < -0.4 is 0 Å². The molecule has 0 unspecified atom stereocenters. The molecule has 0 aromatic carbocycles. The van der Waals surface area contributed by atoms with Crippen LogP contribution in [0.5, 0.6) is 0 Å². The van der Waals surface area contributed by atoms with Gasteiger partial charge in [-0.15, -0.1) is 0 Å². The quantitative estimate of drug-likeness (QED) is 0.392. The zero-order chi connectivity index (χ0) is 11.2. The van der Waals surface area contributed by atoms with E-state index >= 15 is 0 Å². The van der Waals surface area contributed by atoms with Crippen LogP contribution in [-0.4, -0.2) is 16.8 Å². The first-order valence-corrected chi connectivity index (χ1v) is 9.95. The summed E-state index contributed by atoms with van der Waals surface area (Å²) in [7, 11) is -5.81. The number of rotatable bonds is 4. The van der Waals surface area contributed by atoms with Crippen molar-refractivity contribution in [1.82, 2.24) is 0 Å². The molecule has 0 aromatic heterocycles. The summed E-state index contributed by atoms with van der Waals surface area (Å²) < 4.78 is 27.7. The summed E-state index contributed by atoms with van der Waals surface area (Å²) in [6.07, 6.45) is 0. The van der Waals surface area contributed by atoms with Crippen LogP contribution in [0.1, 0.15) is 27.7 Å². The van der Waals surface area contributed by atoms with Crippen molar-refractivity contribution in [1.29, 1.82) is 0 Å². The Labute approximate surface area is 88.5 Å². The first kappa shape index (κ1) is 13.9. The van der Waals surface area contributed by atoms with Crippen molar-refractivity contribution < 1.29 is 8.22 Å². The predicted octanol–water partition coefficient (Wildman–Crippen LogP) is 3.98. The maximum Gasteiger partial charge on any atom is 0.321 e. The molecule has 0 nitrogen and oxygen atoms in total. The van der Waals surface area contributed by atoms with E-state index in [-0.39, 0.29) is 0 Å². The average Bonchev–Trinajstić information content (AvgIpc) is 2.25. The van der Waals surface area contributed by atoms with Gasteiger partial charge in [-0.05, 0) is 24.2 Å². The molecule has 0 aliphatic heterocycles. The third kappa shape index (κ3) is 3.93. The zero-order valence-electron chi connectivity index (χ0n) is 9.58. The molecule has 0 heterocycles. The second-order valence-corrected chi connectivity index (χ2v) is 10.8. The van der Waals surface area contributed by atoms with Gasteiger partial charge in [-0.25, -0.2) is 0 Å². The van der Waals surface area contributed by atoms with Crippen molar-refractivity contribution in [3.05, 3.63) is 0 Å². The Morgan fingerprint density at radius 1 is 0.714 bits per heavy atom. The maximum absolute atomic E-state index is 13.9. The third-order valence-corrected chi connectivity index (χ3v) is 8.63. The van der Waals surface area contributed by atoms with Crippen LogP contribution in [0.15, 0.2) is 0 Å². The van der Waals surface area contributed by atoms with Crippen molar-refractivity contribution in [2.45, 2.75) is 51.9 Å². The second kappa shape index (κ2) is 5.67. The smallest absolute Gasteiger partial charge is 0.297 e. The Kier molecular flexibility index (Phi) is 5.61. The zero-order valence-corrected chi connectivity index (χ0v) is 11.6. The van der Waals surface area contributed by atoms with Crippen LogP contribution in [0.2, 0.25) is 24.2 Å². The molecule has 0 saturated heterocycles. The lowest BCUT2D eigenvalue weighted by Crippen LogP contribution is -2.29. The Balaban J connectivity index is 4.69. The van der Waals surface area contributed by atoms with E-state index < -0.39 is 16.8 Å². The standard InChI is InChI=1S/C10H20F2Si2/c1-5-13(11,6-2)9-10-14(12,7-3)8-4/h5-8H2,1-4H3. The third-order valence-electron chi connectivity index (χ3n) is 2.75. The fraction of sp³-hybridized carbons (Fsp3) is 0.800. The molecule has 0 spiro atoms. The first-order chi connectivity index (χ1) is 6.45. The van der Waals surface area contributed by atoms with E-state index in [9.17, 15) is 8.22 Å². The lowest BCUT2D eigenvalue weighted by Gasteiger charge is -2.13. The molecular weight excluding hydrogens is 214 g/mol. The second-order valence-electron chi connectivity index (χ2n) is 3.59. The highest BCUT2D eigenvalue weighted by atomic mass is 28.4. The van der Waals surface area contributed by atoms with Crippen molar-refractivity contribution in [2.24, 2.45) is 0 Å². The molecule has 0 atom stereocenters. The van der Waals surface area contributed by atoms with E-state index in [0.29, 0.717) is 24.2 Å². The van der Waals surface area contributed by atoms with E-state index in [0.717, 1.165) is 0 Å². The maximum atomic E-state index is 13.9. The monoisotopic (exact) mass is 234 g/mol. The molecule has 0 N–H and O–H groups in total. The molecular formula is C10H20F2Si2. The molecule has 0 saturated carbocycles. The summed E-state index contributed by atoms with van der Waals surface area (Å²) in [4.78, 5) is 0. The number of halogens is 2. The molecule has 14 heavy (non-hydrogen) atoms. The Morgan fingerprint density at radius 2 is 0.929 bits per heavy atom. The van der Waals surface area contributed by atoms with Gasteiger partial charge in [0.05, 0.1) is 0 Å². The normalized spacial score (nSPS) is 12.1. The summed E-state index contributed by atoms with van der Waals surface area (Å²) in [6.45, 7) is 7.24. The van der Waals surface area contributed by atoms with Gasteiger partial charge in [-0.2, -0.15) is 0 Å². The van der Waals surface area contributed by atoms with Gasteiger partial charge in [0, 0.05) is 0 Å². The average molecular weight is 234 g/mol. The van der Waals surface area contributed by atoms with E-state index in [4.69, 9.17) is 0 Å². The molecule has 0 fully saturated rings. The molecule has 82 valence electrons. The fourth-order valence-corrected chi connectivity index (χ4v) is 4.58. The molecule has 4 heteroatoms. The van der Waals surface area contributed by atoms with Gasteiger partial charge >= 0.3 is 16.8 Å². The Bertz CT molecular complexity index is 200. The summed E-state index contributed by atoms with van der Waals surface area (Å²) in [6, 6.07) is 1.92. The minimum atomic E-state index is -2.91. The van der Waals surface area contributed by atoms with Gasteiger partial charge in [0.15, 0.2) is 0 Å². The molecule has 0 amide bonds. The van der Waals surface area contributed by atoms with Crippen molar-refractivity contribution >= 4 is 16.8 Å². The van der Waals surface area contributed by atoms with Crippen molar-refractivity contribution in [2.75, 3.05) is 0 Å². The predicted molar refractivity (Wildman–Crippen MR) is 63.4 cm³/mol. The summed E-state index contributed by atoms with van der Waals surface area (Å²) in [5.74, 6) is 0. The number of hydrogen-bond acceptors (Lipinski definition) is 0. The van der Waals surface area contributed by atoms with Crippen LogP contribution >= 0.6 is 0 Å². The molecule has 0 rings (SSSR count). The van der Waals surface area contributed by atoms with E-state index in [1.54, 1.807) is 0 Å². The Morgan fingerprint density at radius 3 is 1.07 bits per heavy atom. The topological polar surface area (TPSA) is 0 Å². The van der Waals surface area contributed by atoms with E-state index in [2.05, 4.69) is 11.1 Å². The van der Waals surface area contributed by atoms with Gasteiger partial charge in [0.25, 0.3) is 0 Å². The largest absolute Gasteiger partial charge is 0.321 e. The summed E-state index contributed by atoms with van der Waals surface area (Å²) in [5.41, 5.74) is 5.29. The van der Waals surface area contributed by atoms with Gasteiger partial charge in [0.1, 0.15) is 0 Å². The van der Waals surface area contributed by atoms with Crippen LogP contribution in [0.4, 0.5) is 8.22 Å². The fourth-order valence-electron chi connectivity index (χ4n) is 1.08. The van der Waals surface area contributed by atoms with Crippen molar-refractivity contribution in [3.63, 3.8) is 0 Å². The molecule has 0 aromatic rings. The minimum Gasteiger partial charge on any atom is -0.297 e. The molecule has 0 bridgehead atoms. The minimum absolute atomic E-state index is 0.481. The van der Waals surface area contributed by atoms with Crippen LogP contribution in [-0.2, 0) is 0 Å². The van der Waals surface area contributed by atoms with Gasteiger partial charge in [-0.3, -0.25) is 8.22 Å². The Hall–Kier alpha value is -0.146. The van der Waals surface area contributed by atoms with Crippen LogP contribution in [0.25, 0.3) is 0 Å². The van der Waals surface area contributed by atoms with Gasteiger partial charge in [0.2, 0.25) is 0 Å². The molecule has 0 radical (unpaired) electrons. The molecule has 0 aliphatic carbocycles. The highest BCUT2D eigenvalue weighted by Crippen LogP contribution is 2.19. The lowest BCUT2D eigenvalue weighted by atomic mass is 10.9. The first-order valence-electron chi connectivity index (χ1n) is 5.37. The van der Waals surface area contributed by atoms with E-state index in [1.165, 1.54) is 0 Å². The SMILES string of the molecule is CC[Si](F)(C#C[Si](F)(CC)CC)CC. The van der Waals surface area contributed by atoms with Gasteiger partial charge < -0.3 is 0 Å². The lowest BCUT2D eigenvalue weighted by molar-refractivity contribution is 0.782.